The Morgan fingerprint density at radius 2 is 0.905 bits per heavy atom. The molecule has 6 aromatic carbocycles. The summed E-state index contributed by atoms with van der Waals surface area (Å²) in [7, 11) is 0. The van der Waals surface area contributed by atoms with Gasteiger partial charge in [0.25, 0.3) is 0 Å². The first-order valence-electron chi connectivity index (χ1n) is 14.0. The Bertz CT molecular complexity index is 2180. The number of hydrogen-bond donors (Lipinski definition) is 0. The first-order valence-corrected chi connectivity index (χ1v) is 14.0. The standard InChI is InChI=1S/C38H25N3O/c1-3-10-26(11-4-1)30-14-9-15-32(24-30)41-35-17-8-7-16-33(35)34-25-31(22-23-36(34)41)27-18-20-29(21-19-27)38-40-39-37(42-38)28-12-5-2-6-13-28/h1-25H. The molecule has 0 saturated heterocycles. The van der Waals surface area contributed by atoms with Gasteiger partial charge in [-0.3, -0.25) is 0 Å². The van der Waals surface area contributed by atoms with E-state index in [1.165, 1.54) is 32.9 Å². The van der Waals surface area contributed by atoms with Crippen LogP contribution in [-0.2, 0) is 0 Å². The second-order valence-electron chi connectivity index (χ2n) is 10.4. The largest absolute Gasteiger partial charge is 0.416 e. The molecule has 0 unspecified atom stereocenters. The topological polar surface area (TPSA) is 43.9 Å². The predicted molar refractivity (Wildman–Crippen MR) is 170 cm³/mol. The lowest BCUT2D eigenvalue weighted by molar-refractivity contribution is 0.584. The van der Waals surface area contributed by atoms with E-state index in [9.17, 15) is 0 Å². The van der Waals surface area contributed by atoms with Crippen LogP contribution in [0.5, 0.6) is 0 Å². The molecule has 0 amide bonds. The van der Waals surface area contributed by atoms with Crippen molar-refractivity contribution in [3.63, 3.8) is 0 Å². The molecule has 0 aliphatic carbocycles. The molecule has 2 aromatic heterocycles. The van der Waals surface area contributed by atoms with Gasteiger partial charge >= 0.3 is 0 Å². The average molecular weight is 540 g/mol. The SMILES string of the molecule is c1ccc(-c2cccc(-n3c4ccccc4c4cc(-c5ccc(-c6nnc(-c7ccccc7)o6)cc5)ccc43)c2)cc1. The van der Waals surface area contributed by atoms with Gasteiger partial charge in [-0.05, 0) is 76.9 Å². The monoisotopic (exact) mass is 539 g/mol. The van der Waals surface area contributed by atoms with E-state index in [-0.39, 0.29) is 0 Å². The molecular formula is C38H25N3O. The van der Waals surface area contributed by atoms with Crippen molar-refractivity contribution in [3.05, 3.63) is 152 Å². The maximum atomic E-state index is 5.96. The Morgan fingerprint density at radius 3 is 1.67 bits per heavy atom. The molecule has 0 radical (unpaired) electrons. The minimum atomic E-state index is 0.511. The van der Waals surface area contributed by atoms with Gasteiger partial charge in [0, 0.05) is 27.6 Å². The van der Waals surface area contributed by atoms with Crippen molar-refractivity contribution in [1.29, 1.82) is 0 Å². The summed E-state index contributed by atoms with van der Waals surface area (Å²) in [6.45, 7) is 0. The average Bonchev–Trinajstić information content (AvgIpc) is 3.69. The fourth-order valence-electron chi connectivity index (χ4n) is 5.73. The highest BCUT2D eigenvalue weighted by Crippen LogP contribution is 2.36. The fourth-order valence-corrected chi connectivity index (χ4v) is 5.73. The Balaban J connectivity index is 1.18. The van der Waals surface area contributed by atoms with Crippen LogP contribution in [0.15, 0.2) is 156 Å². The molecule has 0 aliphatic heterocycles. The molecule has 0 atom stereocenters. The van der Waals surface area contributed by atoms with Crippen LogP contribution in [0.3, 0.4) is 0 Å². The van der Waals surface area contributed by atoms with Gasteiger partial charge in [0.05, 0.1) is 11.0 Å². The van der Waals surface area contributed by atoms with Crippen LogP contribution in [0.1, 0.15) is 0 Å². The molecule has 8 rings (SSSR count). The summed E-state index contributed by atoms with van der Waals surface area (Å²) in [5.41, 5.74) is 10.0. The zero-order valence-corrected chi connectivity index (χ0v) is 22.7. The molecule has 0 bridgehead atoms. The Morgan fingerprint density at radius 1 is 0.381 bits per heavy atom. The van der Waals surface area contributed by atoms with E-state index in [4.69, 9.17) is 4.42 Å². The lowest BCUT2D eigenvalue weighted by Crippen LogP contribution is -1.94. The van der Waals surface area contributed by atoms with E-state index in [1.807, 2.05) is 42.5 Å². The molecule has 0 spiro atoms. The van der Waals surface area contributed by atoms with Gasteiger partial charge in [-0.15, -0.1) is 10.2 Å². The second kappa shape index (κ2) is 10.0. The summed E-state index contributed by atoms with van der Waals surface area (Å²) in [5.74, 6) is 1.03. The van der Waals surface area contributed by atoms with E-state index in [1.54, 1.807) is 0 Å². The summed E-state index contributed by atoms with van der Waals surface area (Å²) in [4.78, 5) is 0. The van der Waals surface area contributed by atoms with Gasteiger partial charge in [-0.1, -0.05) is 97.1 Å². The van der Waals surface area contributed by atoms with Crippen LogP contribution >= 0.6 is 0 Å². The highest BCUT2D eigenvalue weighted by molar-refractivity contribution is 6.10. The van der Waals surface area contributed by atoms with Gasteiger partial charge in [-0.25, -0.2) is 0 Å². The van der Waals surface area contributed by atoms with E-state index in [0.717, 1.165) is 27.9 Å². The van der Waals surface area contributed by atoms with Crippen LogP contribution in [0, 0.1) is 0 Å². The normalized spacial score (nSPS) is 11.3. The Labute approximate surface area is 243 Å². The van der Waals surface area contributed by atoms with E-state index < -0.39 is 0 Å². The minimum absolute atomic E-state index is 0.511. The van der Waals surface area contributed by atoms with Gasteiger partial charge in [0.1, 0.15) is 0 Å². The third-order valence-corrected chi connectivity index (χ3v) is 7.79. The fraction of sp³-hybridized carbons (Fsp3) is 0. The molecule has 4 heteroatoms. The van der Waals surface area contributed by atoms with Gasteiger partial charge < -0.3 is 8.98 Å². The quantitative estimate of drug-likeness (QED) is 0.219. The highest BCUT2D eigenvalue weighted by Gasteiger charge is 2.15. The summed E-state index contributed by atoms with van der Waals surface area (Å²) in [5, 5.41) is 11.0. The second-order valence-corrected chi connectivity index (χ2v) is 10.4. The lowest BCUT2D eigenvalue weighted by atomic mass is 10.0. The molecule has 4 nitrogen and oxygen atoms in total. The zero-order valence-electron chi connectivity index (χ0n) is 22.7. The van der Waals surface area contributed by atoms with E-state index >= 15 is 0 Å². The van der Waals surface area contributed by atoms with Crippen LogP contribution in [0.4, 0.5) is 0 Å². The zero-order chi connectivity index (χ0) is 27.9. The summed E-state index contributed by atoms with van der Waals surface area (Å²) >= 11 is 0. The molecule has 0 aliphatic rings. The number of para-hydroxylation sites is 1. The third-order valence-electron chi connectivity index (χ3n) is 7.79. The van der Waals surface area contributed by atoms with Crippen LogP contribution < -0.4 is 0 Å². The van der Waals surface area contributed by atoms with Crippen molar-refractivity contribution in [2.75, 3.05) is 0 Å². The molecule has 2 heterocycles. The number of nitrogens with zero attached hydrogens (tertiary/aromatic N) is 3. The third kappa shape index (κ3) is 4.18. The van der Waals surface area contributed by atoms with Crippen molar-refractivity contribution in [3.8, 4) is 50.8 Å². The Hall–Kier alpha value is -5.74. The van der Waals surface area contributed by atoms with Gasteiger partial charge in [0.15, 0.2) is 0 Å². The predicted octanol–water partition coefficient (Wildman–Crippen LogP) is 9.83. The smallest absolute Gasteiger partial charge is 0.248 e. The summed E-state index contributed by atoms with van der Waals surface area (Å²) < 4.78 is 8.33. The number of fused-ring (bicyclic) bond motifs is 3. The first-order chi connectivity index (χ1) is 20.8. The van der Waals surface area contributed by atoms with Crippen molar-refractivity contribution >= 4 is 21.8 Å². The van der Waals surface area contributed by atoms with Crippen LogP contribution in [-0.4, -0.2) is 14.8 Å². The molecule has 198 valence electrons. The minimum Gasteiger partial charge on any atom is -0.416 e. The van der Waals surface area contributed by atoms with E-state index in [0.29, 0.717) is 11.8 Å². The van der Waals surface area contributed by atoms with Crippen molar-refractivity contribution < 1.29 is 4.42 Å². The lowest BCUT2D eigenvalue weighted by Gasteiger charge is -2.11. The molecule has 0 fully saturated rings. The number of benzene rings is 6. The molecular weight excluding hydrogens is 514 g/mol. The molecule has 0 N–H and O–H groups in total. The summed E-state index contributed by atoms with van der Waals surface area (Å²) in [6, 6.07) is 52.8. The number of hydrogen-bond acceptors (Lipinski definition) is 3. The molecule has 0 saturated carbocycles. The van der Waals surface area contributed by atoms with Crippen molar-refractivity contribution in [1.82, 2.24) is 14.8 Å². The molecule has 8 aromatic rings. The first kappa shape index (κ1) is 24.1. The van der Waals surface area contributed by atoms with Crippen LogP contribution in [0.2, 0.25) is 0 Å². The summed E-state index contributed by atoms with van der Waals surface area (Å²) in [6.07, 6.45) is 0. The van der Waals surface area contributed by atoms with Crippen molar-refractivity contribution in [2.24, 2.45) is 0 Å². The molecule has 42 heavy (non-hydrogen) atoms. The van der Waals surface area contributed by atoms with E-state index in [2.05, 4.69) is 124 Å². The van der Waals surface area contributed by atoms with Crippen molar-refractivity contribution in [2.45, 2.75) is 0 Å². The highest BCUT2D eigenvalue weighted by atomic mass is 16.4. The van der Waals surface area contributed by atoms with Crippen LogP contribution in [0.25, 0.3) is 72.7 Å². The number of aromatic nitrogens is 3. The van der Waals surface area contributed by atoms with Gasteiger partial charge in [0.2, 0.25) is 11.8 Å². The Kier molecular flexibility index (Phi) is 5.75. The van der Waals surface area contributed by atoms with Gasteiger partial charge in [-0.2, -0.15) is 0 Å². The maximum Gasteiger partial charge on any atom is 0.248 e. The maximum absolute atomic E-state index is 5.96. The number of rotatable bonds is 5.